The standard InChI is InChI=1S/C81H51NOS/c1-3-22-53(23-4-1)79(54-24-5-2-6-25-54)66-32-12-9-28-63(66)78-58(29-21-37-71(78)79)52-42-44-55(45-43-52)82(56-46-48-61-59-26-7-10-30-64(59)80(72(61)50-56)67-33-13-17-38-74(67)83-75-39-18-14-34-68(75)80)57-47-49-62-60-27-8-11-31-65(60)81(73(62)51-57)69-35-15-19-40-76(69)84-77-41-20-16-36-70(77)81/h1-51H. The third-order valence-electron chi connectivity index (χ3n) is 19.1. The Bertz CT molecular complexity index is 4540. The molecular weight excluding hydrogens is 1030 g/mol. The van der Waals surface area contributed by atoms with Gasteiger partial charge in [-0.25, -0.2) is 0 Å². The van der Waals surface area contributed by atoms with Gasteiger partial charge in [0, 0.05) is 38.0 Å². The first kappa shape index (κ1) is 47.4. The second-order valence-electron chi connectivity index (χ2n) is 22.9. The lowest BCUT2D eigenvalue weighted by Crippen LogP contribution is -2.32. The van der Waals surface area contributed by atoms with Gasteiger partial charge in [0.05, 0.1) is 16.2 Å². The molecule has 5 aliphatic rings. The van der Waals surface area contributed by atoms with E-state index < -0.39 is 16.2 Å². The number of rotatable bonds is 6. The van der Waals surface area contributed by atoms with Gasteiger partial charge in [0.1, 0.15) is 11.5 Å². The Balaban J connectivity index is 0.875. The molecule has 2 aliphatic heterocycles. The van der Waals surface area contributed by atoms with Crippen molar-refractivity contribution in [2.75, 3.05) is 4.90 Å². The first-order valence-electron chi connectivity index (χ1n) is 29.1. The Morgan fingerprint density at radius 1 is 0.250 bits per heavy atom. The molecular formula is C81H51NOS. The van der Waals surface area contributed by atoms with Gasteiger partial charge in [0.2, 0.25) is 0 Å². The Labute approximate surface area is 493 Å². The van der Waals surface area contributed by atoms with Crippen LogP contribution in [0.4, 0.5) is 17.1 Å². The van der Waals surface area contributed by atoms with Crippen LogP contribution in [-0.4, -0.2) is 0 Å². The smallest absolute Gasteiger partial charge is 0.132 e. The quantitative estimate of drug-likeness (QED) is 0.165. The molecule has 0 N–H and O–H groups in total. The molecule has 3 aliphatic carbocycles. The predicted octanol–water partition coefficient (Wildman–Crippen LogP) is 20.5. The minimum atomic E-state index is -0.640. The highest BCUT2D eigenvalue weighted by Crippen LogP contribution is 2.66. The molecule has 0 unspecified atom stereocenters. The first-order valence-corrected chi connectivity index (χ1v) is 30.0. The third-order valence-corrected chi connectivity index (χ3v) is 20.2. The fourth-order valence-corrected chi connectivity index (χ4v) is 17.1. The van der Waals surface area contributed by atoms with Crippen molar-refractivity contribution in [2.45, 2.75) is 26.0 Å². The highest BCUT2D eigenvalue weighted by atomic mass is 32.2. The predicted molar refractivity (Wildman–Crippen MR) is 343 cm³/mol. The van der Waals surface area contributed by atoms with Gasteiger partial charge in [-0.2, -0.15) is 0 Å². The Morgan fingerprint density at radius 3 is 1.17 bits per heavy atom. The van der Waals surface area contributed by atoms with Gasteiger partial charge < -0.3 is 9.64 Å². The fraction of sp³-hybridized carbons (Fsp3) is 0.0370. The number of ether oxygens (including phenoxy) is 1. The number of para-hydroxylation sites is 2. The fourth-order valence-electron chi connectivity index (χ4n) is 15.9. The number of fused-ring (bicyclic) bond motifs is 21. The normalized spacial score (nSPS) is 14.8. The molecule has 0 aromatic heterocycles. The maximum atomic E-state index is 6.82. The van der Waals surface area contributed by atoms with Crippen LogP contribution in [0.3, 0.4) is 0 Å². The highest BCUT2D eigenvalue weighted by molar-refractivity contribution is 7.99. The third kappa shape index (κ3) is 6.21. The molecule has 0 bridgehead atoms. The van der Waals surface area contributed by atoms with E-state index in [1.165, 1.54) is 104 Å². The second kappa shape index (κ2) is 17.9. The average Bonchev–Trinajstić information content (AvgIpc) is 1.67. The summed E-state index contributed by atoms with van der Waals surface area (Å²) in [5, 5.41) is 0. The molecule has 2 nitrogen and oxygen atoms in total. The highest BCUT2D eigenvalue weighted by Gasteiger charge is 2.53. The van der Waals surface area contributed by atoms with Gasteiger partial charge in [-0.15, -0.1) is 0 Å². The van der Waals surface area contributed by atoms with Crippen LogP contribution in [-0.2, 0) is 16.2 Å². The van der Waals surface area contributed by atoms with Crippen molar-refractivity contribution in [2.24, 2.45) is 0 Å². The van der Waals surface area contributed by atoms with Gasteiger partial charge in [-0.1, -0.05) is 260 Å². The monoisotopic (exact) mass is 1090 g/mol. The minimum absolute atomic E-state index is 0.500. The van der Waals surface area contributed by atoms with E-state index in [9.17, 15) is 0 Å². The molecule has 392 valence electrons. The Kier molecular flexibility index (Phi) is 10.1. The average molecular weight is 1090 g/mol. The summed E-state index contributed by atoms with van der Waals surface area (Å²) >= 11 is 1.89. The summed E-state index contributed by atoms with van der Waals surface area (Å²) < 4.78 is 6.82. The summed E-state index contributed by atoms with van der Waals surface area (Å²) in [6.45, 7) is 0. The topological polar surface area (TPSA) is 12.5 Å². The van der Waals surface area contributed by atoms with E-state index >= 15 is 0 Å². The number of hydrogen-bond donors (Lipinski definition) is 0. The van der Waals surface area contributed by atoms with E-state index in [0.29, 0.717) is 0 Å². The number of anilines is 3. The van der Waals surface area contributed by atoms with Crippen molar-refractivity contribution in [3.63, 3.8) is 0 Å². The first-order chi connectivity index (χ1) is 41.7. The molecule has 13 aromatic rings. The molecule has 0 saturated heterocycles. The zero-order valence-corrected chi connectivity index (χ0v) is 46.5. The van der Waals surface area contributed by atoms with Crippen molar-refractivity contribution >= 4 is 28.8 Å². The molecule has 2 spiro atoms. The second-order valence-corrected chi connectivity index (χ2v) is 24.0. The summed E-state index contributed by atoms with van der Waals surface area (Å²) in [4.78, 5) is 5.10. The molecule has 18 rings (SSSR count). The maximum absolute atomic E-state index is 6.82. The van der Waals surface area contributed by atoms with Crippen LogP contribution in [0.25, 0.3) is 44.5 Å². The van der Waals surface area contributed by atoms with E-state index in [-0.39, 0.29) is 0 Å². The summed E-state index contributed by atoms with van der Waals surface area (Å²) in [5.41, 5.74) is 26.6. The molecule has 3 heteroatoms. The summed E-state index contributed by atoms with van der Waals surface area (Å²) in [5.74, 6) is 1.76. The molecule has 2 heterocycles. The lowest BCUT2D eigenvalue weighted by atomic mass is 9.66. The molecule has 84 heavy (non-hydrogen) atoms. The molecule has 0 saturated carbocycles. The number of nitrogens with zero attached hydrogens (tertiary/aromatic N) is 1. The van der Waals surface area contributed by atoms with E-state index in [4.69, 9.17) is 4.74 Å². The van der Waals surface area contributed by atoms with E-state index in [1.54, 1.807) is 0 Å². The summed E-state index contributed by atoms with van der Waals surface area (Å²) in [7, 11) is 0. The van der Waals surface area contributed by atoms with Gasteiger partial charge >= 0.3 is 0 Å². The Morgan fingerprint density at radius 2 is 0.631 bits per heavy atom. The van der Waals surface area contributed by atoms with Crippen LogP contribution in [0.15, 0.2) is 319 Å². The molecule has 0 atom stereocenters. The van der Waals surface area contributed by atoms with Crippen LogP contribution < -0.4 is 9.64 Å². The number of benzene rings is 13. The van der Waals surface area contributed by atoms with Crippen molar-refractivity contribution < 1.29 is 4.74 Å². The van der Waals surface area contributed by atoms with E-state index in [2.05, 4.69) is 314 Å². The zero-order chi connectivity index (χ0) is 55.1. The van der Waals surface area contributed by atoms with Crippen molar-refractivity contribution in [1.29, 1.82) is 0 Å². The lowest BCUT2D eigenvalue weighted by Gasteiger charge is -2.40. The Hall–Kier alpha value is -10.2. The van der Waals surface area contributed by atoms with Gasteiger partial charge in [-0.3, -0.25) is 0 Å². The van der Waals surface area contributed by atoms with Crippen molar-refractivity contribution in [3.05, 3.63) is 376 Å². The van der Waals surface area contributed by atoms with Gasteiger partial charge in [-0.05, 0) is 161 Å². The van der Waals surface area contributed by atoms with Gasteiger partial charge in [0.15, 0.2) is 0 Å². The number of hydrogen-bond acceptors (Lipinski definition) is 3. The zero-order valence-electron chi connectivity index (χ0n) is 45.7. The van der Waals surface area contributed by atoms with Crippen molar-refractivity contribution in [3.8, 4) is 56.0 Å². The van der Waals surface area contributed by atoms with Crippen molar-refractivity contribution in [1.82, 2.24) is 0 Å². The van der Waals surface area contributed by atoms with Crippen LogP contribution in [0.2, 0.25) is 0 Å². The molecule has 0 radical (unpaired) electrons. The van der Waals surface area contributed by atoms with E-state index in [0.717, 1.165) is 45.3 Å². The maximum Gasteiger partial charge on any atom is 0.132 e. The van der Waals surface area contributed by atoms with Crippen LogP contribution in [0, 0.1) is 0 Å². The van der Waals surface area contributed by atoms with Gasteiger partial charge in [0.25, 0.3) is 0 Å². The lowest BCUT2D eigenvalue weighted by molar-refractivity contribution is 0.436. The minimum Gasteiger partial charge on any atom is -0.457 e. The van der Waals surface area contributed by atoms with E-state index in [1.807, 2.05) is 11.8 Å². The molecule has 13 aromatic carbocycles. The molecule has 0 amide bonds. The van der Waals surface area contributed by atoms with Crippen LogP contribution in [0.1, 0.15) is 66.8 Å². The van der Waals surface area contributed by atoms with Crippen LogP contribution in [0.5, 0.6) is 11.5 Å². The summed E-state index contributed by atoms with van der Waals surface area (Å²) in [6.07, 6.45) is 0. The largest absolute Gasteiger partial charge is 0.457 e. The molecule has 0 fully saturated rings. The SMILES string of the molecule is c1ccc(C2(c3ccccc3)c3ccccc3-c3c(-c4ccc(N(c5ccc6c(c5)C5(c7ccccc7Oc7ccccc75)c5ccccc5-6)c5ccc6c(c5)C5(c7ccccc7Sc7ccccc75)c5ccccc5-6)cc4)cccc32)cc1. The van der Waals surface area contributed by atoms with Crippen LogP contribution >= 0.6 is 11.8 Å². The summed E-state index contributed by atoms with van der Waals surface area (Å²) in [6, 6.07) is 116.